The fraction of sp³-hybridized carbons (Fsp3) is 0.571. The smallest absolute Gasteiger partial charge is 0.233 e. The highest BCUT2D eigenvalue weighted by Crippen LogP contribution is 2.60. The quantitative estimate of drug-likeness (QED) is 0.271. The zero-order chi connectivity index (χ0) is 21.6. The number of unbranched alkanes of at least 4 members (excludes halogenated alkanes) is 2. The second kappa shape index (κ2) is 9.08. The van der Waals surface area contributed by atoms with E-state index < -0.39 is 0 Å². The summed E-state index contributed by atoms with van der Waals surface area (Å²) in [5.74, 6) is 0.0261. The van der Waals surface area contributed by atoms with Crippen molar-refractivity contribution in [2.75, 3.05) is 11.9 Å². The topological polar surface area (TPSA) is 66.5 Å². The Morgan fingerprint density at radius 2 is 1.67 bits per heavy atom. The van der Waals surface area contributed by atoms with Crippen LogP contribution in [-0.2, 0) is 14.4 Å². The lowest BCUT2D eigenvalue weighted by Crippen LogP contribution is -2.37. The highest BCUT2D eigenvalue weighted by Gasteiger charge is 2.66. The summed E-state index contributed by atoms with van der Waals surface area (Å²) in [7, 11) is 0. The second-order valence-electron chi connectivity index (χ2n) is 8.31. The number of carbonyl (C=O) groups excluding carboxylic acids is 3. The van der Waals surface area contributed by atoms with Crippen molar-refractivity contribution in [3.05, 3.63) is 28.2 Å². The molecule has 1 aromatic rings. The van der Waals surface area contributed by atoms with E-state index in [9.17, 15) is 14.4 Å². The van der Waals surface area contributed by atoms with Gasteiger partial charge in [-0.1, -0.05) is 61.5 Å². The molecule has 3 aliphatic rings. The molecule has 0 aromatic heterocycles. The van der Waals surface area contributed by atoms with Crippen LogP contribution >= 0.6 is 55.1 Å². The first-order valence-electron chi connectivity index (χ1n) is 10.2. The third-order valence-electron chi connectivity index (χ3n) is 6.57. The Morgan fingerprint density at radius 1 is 1.03 bits per heavy atom. The largest absolute Gasteiger partial charge is 0.325 e. The van der Waals surface area contributed by atoms with Gasteiger partial charge in [0.25, 0.3) is 0 Å². The van der Waals surface area contributed by atoms with Crippen LogP contribution in [0, 0.1) is 23.7 Å². The van der Waals surface area contributed by atoms with E-state index >= 15 is 0 Å². The molecule has 3 amide bonds. The number of nitrogens with one attached hydrogen (secondary N) is 1. The van der Waals surface area contributed by atoms with E-state index in [0.717, 1.165) is 12.8 Å². The Balaban J connectivity index is 1.22. The number of nitrogens with zero attached hydrogens (tertiary/aromatic N) is 1. The standard InChI is InChI=1S/C21H22Br2Cl2N2O3/c22-18-11-9-12(19(18)23)17-16(11)20(29)27(21(17)30)7-3-1-2-4-15(28)26-14-8-10(24)5-6-13(14)25/h5-6,8,11-12,16-19H,1-4,7,9H2,(H,26,28)/t11-,12+,16-,17+,18-,19+. The molecule has 1 saturated heterocycles. The van der Waals surface area contributed by atoms with Crippen molar-refractivity contribution in [2.24, 2.45) is 23.7 Å². The number of hydrogen-bond donors (Lipinski definition) is 1. The van der Waals surface area contributed by atoms with Gasteiger partial charge >= 0.3 is 0 Å². The first-order chi connectivity index (χ1) is 14.3. The number of alkyl halides is 2. The van der Waals surface area contributed by atoms with Gasteiger partial charge in [-0.05, 0) is 49.3 Å². The highest BCUT2D eigenvalue weighted by molar-refractivity contribution is 9.12. The number of hydrogen-bond acceptors (Lipinski definition) is 3. The third kappa shape index (κ3) is 4.07. The van der Waals surface area contributed by atoms with Crippen molar-refractivity contribution in [2.45, 2.75) is 41.8 Å². The lowest BCUT2D eigenvalue weighted by molar-refractivity contribution is -0.140. The molecular weight excluding hydrogens is 559 g/mol. The summed E-state index contributed by atoms with van der Waals surface area (Å²) in [4.78, 5) is 39.8. The van der Waals surface area contributed by atoms with E-state index in [-0.39, 0.29) is 51.0 Å². The zero-order valence-corrected chi connectivity index (χ0v) is 20.8. The van der Waals surface area contributed by atoms with E-state index in [1.54, 1.807) is 18.2 Å². The van der Waals surface area contributed by atoms with Crippen LogP contribution in [0.15, 0.2) is 18.2 Å². The molecule has 1 aliphatic heterocycles. The zero-order valence-electron chi connectivity index (χ0n) is 16.1. The van der Waals surface area contributed by atoms with Gasteiger partial charge in [0.15, 0.2) is 0 Å². The lowest BCUT2D eigenvalue weighted by atomic mass is 9.81. The fourth-order valence-corrected chi connectivity index (χ4v) is 7.38. The van der Waals surface area contributed by atoms with Crippen LogP contribution in [0.5, 0.6) is 0 Å². The van der Waals surface area contributed by atoms with Crippen molar-refractivity contribution >= 4 is 78.5 Å². The Morgan fingerprint density at radius 3 is 2.30 bits per heavy atom. The molecule has 2 bridgehead atoms. The van der Waals surface area contributed by atoms with Gasteiger partial charge in [0.1, 0.15) is 0 Å². The van der Waals surface area contributed by atoms with Crippen LogP contribution in [0.25, 0.3) is 0 Å². The molecule has 162 valence electrons. The van der Waals surface area contributed by atoms with Crippen molar-refractivity contribution in [3.63, 3.8) is 0 Å². The molecule has 6 atom stereocenters. The number of benzene rings is 1. The van der Waals surface area contributed by atoms with Crippen LogP contribution in [0.4, 0.5) is 5.69 Å². The third-order valence-corrected chi connectivity index (χ3v) is 10.3. The number of imide groups is 1. The van der Waals surface area contributed by atoms with E-state index in [1.807, 2.05) is 0 Å². The van der Waals surface area contributed by atoms with E-state index in [2.05, 4.69) is 37.2 Å². The van der Waals surface area contributed by atoms with Crippen LogP contribution in [-0.4, -0.2) is 38.8 Å². The summed E-state index contributed by atoms with van der Waals surface area (Å²) in [6, 6.07) is 4.92. The van der Waals surface area contributed by atoms with Gasteiger partial charge in [-0.15, -0.1) is 0 Å². The molecule has 3 fully saturated rings. The SMILES string of the molecule is O=C(CCCCCN1C(=O)[C@@H]2[C@H]3C[C@H]([C@H](Br)[C@@H]3Br)[C@@H]2C1=O)Nc1cc(Cl)ccc1Cl. The molecule has 2 aliphatic carbocycles. The first-order valence-corrected chi connectivity index (χ1v) is 12.8. The molecule has 4 rings (SSSR count). The number of anilines is 1. The Bertz CT molecular complexity index is 852. The molecule has 5 nitrogen and oxygen atoms in total. The monoisotopic (exact) mass is 578 g/mol. The van der Waals surface area contributed by atoms with Crippen LogP contribution in [0.2, 0.25) is 10.0 Å². The first kappa shape index (κ1) is 22.6. The minimum Gasteiger partial charge on any atom is -0.325 e. The van der Waals surface area contributed by atoms with Crippen molar-refractivity contribution in [3.8, 4) is 0 Å². The Hall–Kier alpha value is -0.630. The van der Waals surface area contributed by atoms with Gasteiger partial charge in [0.05, 0.1) is 22.5 Å². The summed E-state index contributed by atoms with van der Waals surface area (Å²) in [6.45, 7) is 0.436. The molecule has 30 heavy (non-hydrogen) atoms. The maximum atomic E-state index is 12.9. The molecule has 0 unspecified atom stereocenters. The van der Waals surface area contributed by atoms with Gasteiger partial charge in [0, 0.05) is 27.6 Å². The number of amides is 3. The van der Waals surface area contributed by atoms with E-state index in [4.69, 9.17) is 23.2 Å². The van der Waals surface area contributed by atoms with Crippen molar-refractivity contribution in [1.82, 2.24) is 4.90 Å². The second-order valence-corrected chi connectivity index (χ2v) is 11.3. The van der Waals surface area contributed by atoms with Gasteiger partial charge in [-0.3, -0.25) is 19.3 Å². The van der Waals surface area contributed by atoms with Gasteiger partial charge in [0.2, 0.25) is 17.7 Å². The van der Waals surface area contributed by atoms with Crippen LogP contribution in [0.1, 0.15) is 32.1 Å². The van der Waals surface area contributed by atoms with E-state index in [1.165, 1.54) is 4.90 Å². The highest BCUT2D eigenvalue weighted by atomic mass is 79.9. The Labute approximate surface area is 202 Å². The molecule has 9 heteroatoms. The normalized spacial score (nSPS) is 32.1. The molecule has 1 N–H and O–H groups in total. The summed E-state index contributed by atoms with van der Waals surface area (Å²) in [5, 5.41) is 3.71. The summed E-state index contributed by atoms with van der Waals surface area (Å²) in [6.07, 6.45) is 3.42. The van der Waals surface area contributed by atoms with Gasteiger partial charge < -0.3 is 5.32 Å². The van der Waals surface area contributed by atoms with Gasteiger partial charge in [-0.2, -0.15) is 0 Å². The van der Waals surface area contributed by atoms with Crippen LogP contribution in [0.3, 0.4) is 0 Å². The molecule has 1 aromatic carbocycles. The predicted molar refractivity (Wildman–Crippen MR) is 124 cm³/mol. The Kier molecular flexibility index (Phi) is 6.83. The molecule has 2 saturated carbocycles. The number of halogens is 4. The maximum Gasteiger partial charge on any atom is 0.233 e. The van der Waals surface area contributed by atoms with Gasteiger partial charge in [-0.25, -0.2) is 0 Å². The molecular formula is C21H22Br2Cl2N2O3. The average molecular weight is 581 g/mol. The summed E-state index contributed by atoms with van der Waals surface area (Å²) < 4.78 is 0. The number of carbonyl (C=O) groups is 3. The van der Waals surface area contributed by atoms with Crippen molar-refractivity contribution < 1.29 is 14.4 Å². The van der Waals surface area contributed by atoms with Crippen LogP contribution < -0.4 is 5.32 Å². The van der Waals surface area contributed by atoms with Crippen molar-refractivity contribution in [1.29, 1.82) is 0 Å². The summed E-state index contributed by atoms with van der Waals surface area (Å²) >= 11 is 19.4. The average Bonchev–Trinajstić information content (AvgIpc) is 3.30. The predicted octanol–water partition coefficient (Wildman–Crippen LogP) is 5.27. The van der Waals surface area contributed by atoms with E-state index in [0.29, 0.717) is 41.5 Å². The molecule has 1 heterocycles. The number of rotatable bonds is 7. The minimum atomic E-state index is -0.158. The summed E-state index contributed by atoms with van der Waals surface area (Å²) in [5.41, 5.74) is 0.499. The molecule has 0 spiro atoms. The fourth-order valence-electron chi connectivity index (χ4n) is 5.17. The minimum absolute atomic E-state index is 0.00492. The molecule has 0 radical (unpaired) electrons. The number of likely N-dealkylation sites (tertiary alicyclic amines) is 1. The number of fused-ring (bicyclic) bond motifs is 5. The lowest BCUT2D eigenvalue weighted by Gasteiger charge is -2.28. The maximum absolute atomic E-state index is 12.9.